The summed E-state index contributed by atoms with van der Waals surface area (Å²) in [6, 6.07) is 4.92. The predicted octanol–water partition coefficient (Wildman–Crippen LogP) is 3.09. The molecule has 0 saturated heterocycles. The highest BCUT2D eigenvalue weighted by Crippen LogP contribution is 2.25. The molecule has 7 nitrogen and oxygen atoms in total. The molecule has 0 atom stereocenters. The van der Waals surface area contributed by atoms with Crippen LogP contribution in [0.5, 0.6) is 5.88 Å². The minimum absolute atomic E-state index is 0.0740. The highest BCUT2D eigenvalue weighted by atomic mass is 19.1. The second kappa shape index (κ2) is 6.82. The van der Waals surface area contributed by atoms with Crippen molar-refractivity contribution < 1.29 is 18.8 Å². The number of nitrogens with one attached hydrogen (secondary N) is 1. The number of hydrogen-bond acceptors (Lipinski definition) is 5. The minimum atomic E-state index is -0.787. The number of anilines is 1. The number of ether oxygens (including phenoxy) is 1. The van der Waals surface area contributed by atoms with Crippen molar-refractivity contribution in [2.24, 2.45) is 0 Å². The summed E-state index contributed by atoms with van der Waals surface area (Å²) < 4.78 is 18.6. The maximum Gasteiger partial charge on any atom is 0.285 e. The Morgan fingerprint density at radius 3 is 2.74 bits per heavy atom. The van der Waals surface area contributed by atoms with Gasteiger partial charge in [0.05, 0.1) is 23.4 Å². The zero-order chi connectivity index (χ0) is 17.0. The molecule has 8 heteroatoms. The molecule has 1 aromatic carbocycles. The van der Waals surface area contributed by atoms with Crippen molar-refractivity contribution in [3.8, 4) is 5.88 Å². The number of carbonyl (C=O) groups excluding carboxylic acids is 1. The molecule has 2 aromatic rings. The zero-order valence-corrected chi connectivity index (χ0v) is 12.5. The Labute approximate surface area is 131 Å². The average Bonchev–Trinajstić information content (AvgIpc) is 2.48. The van der Waals surface area contributed by atoms with Crippen LogP contribution in [0.25, 0.3) is 0 Å². The Morgan fingerprint density at radius 2 is 2.17 bits per heavy atom. The van der Waals surface area contributed by atoms with Crippen LogP contribution in [-0.2, 0) is 0 Å². The molecular weight excluding hydrogens is 305 g/mol. The van der Waals surface area contributed by atoms with Gasteiger partial charge in [0.2, 0.25) is 5.88 Å². The van der Waals surface area contributed by atoms with E-state index in [-0.39, 0.29) is 11.1 Å². The van der Waals surface area contributed by atoms with Gasteiger partial charge in [-0.15, -0.1) is 0 Å². The van der Waals surface area contributed by atoms with Crippen molar-refractivity contribution >= 4 is 17.3 Å². The number of benzene rings is 1. The Bertz CT molecular complexity index is 747. The third kappa shape index (κ3) is 3.79. The van der Waals surface area contributed by atoms with Crippen molar-refractivity contribution in [2.75, 3.05) is 11.9 Å². The second-order valence-electron chi connectivity index (χ2n) is 4.65. The summed E-state index contributed by atoms with van der Waals surface area (Å²) in [7, 11) is 0. The number of nitro groups is 1. The van der Waals surface area contributed by atoms with Crippen LogP contribution in [0.3, 0.4) is 0 Å². The maximum atomic E-state index is 13.5. The number of halogens is 1. The topological polar surface area (TPSA) is 94.4 Å². The van der Waals surface area contributed by atoms with Gasteiger partial charge in [-0.05, 0) is 32.0 Å². The SMILES string of the molecule is CCOc1ccc(NC(=O)c2cc(F)cc(C)c2[N+](=O)[O-])cn1. The summed E-state index contributed by atoms with van der Waals surface area (Å²) in [6.07, 6.45) is 1.35. The fraction of sp³-hybridized carbons (Fsp3) is 0.200. The standard InChI is InChI=1S/C15H14FN3O4/c1-3-23-13-5-4-11(8-17-13)18-15(20)12-7-10(16)6-9(2)14(12)19(21)22/h4-8H,3H2,1-2H3,(H,18,20). The van der Waals surface area contributed by atoms with Crippen LogP contribution in [0.1, 0.15) is 22.8 Å². The first-order valence-electron chi connectivity index (χ1n) is 6.77. The molecule has 0 spiro atoms. The molecule has 0 aliphatic carbocycles. The molecular formula is C15H14FN3O4. The molecule has 0 unspecified atom stereocenters. The van der Waals surface area contributed by atoms with Gasteiger partial charge >= 0.3 is 0 Å². The van der Waals surface area contributed by atoms with Gasteiger partial charge in [-0.3, -0.25) is 14.9 Å². The number of hydrogen-bond donors (Lipinski definition) is 1. The third-order valence-corrected chi connectivity index (χ3v) is 2.98. The lowest BCUT2D eigenvalue weighted by atomic mass is 10.1. The van der Waals surface area contributed by atoms with Crippen molar-refractivity contribution in [1.82, 2.24) is 4.98 Å². The van der Waals surface area contributed by atoms with Gasteiger partial charge < -0.3 is 10.1 Å². The molecule has 120 valence electrons. The lowest BCUT2D eigenvalue weighted by Gasteiger charge is -2.08. The lowest BCUT2D eigenvalue weighted by molar-refractivity contribution is -0.385. The van der Waals surface area contributed by atoms with Crippen molar-refractivity contribution in [3.05, 3.63) is 57.5 Å². The molecule has 2 rings (SSSR count). The molecule has 0 saturated carbocycles. The van der Waals surface area contributed by atoms with Crippen LogP contribution < -0.4 is 10.1 Å². The van der Waals surface area contributed by atoms with Crippen LogP contribution >= 0.6 is 0 Å². The Kier molecular flexibility index (Phi) is 4.85. The van der Waals surface area contributed by atoms with E-state index in [1.165, 1.54) is 19.2 Å². The molecule has 0 fully saturated rings. The molecule has 1 aromatic heterocycles. The Hall–Kier alpha value is -3.03. The average molecular weight is 319 g/mol. The van der Waals surface area contributed by atoms with E-state index in [1.807, 2.05) is 6.92 Å². The number of pyridine rings is 1. The number of nitrogens with zero attached hydrogens (tertiary/aromatic N) is 2. The Morgan fingerprint density at radius 1 is 1.43 bits per heavy atom. The summed E-state index contributed by atoms with van der Waals surface area (Å²) in [4.78, 5) is 26.6. The van der Waals surface area contributed by atoms with Crippen LogP contribution in [-0.4, -0.2) is 22.4 Å². The van der Waals surface area contributed by atoms with Gasteiger partial charge in [0, 0.05) is 11.6 Å². The lowest BCUT2D eigenvalue weighted by Crippen LogP contribution is -2.15. The number of carbonyl (C=O) groups is 1. The number of amides is 1. The first-order valence-corrected chi connectivity index (χ1v) is 6.77. The van der Waals surface area contributed by atoms with Gasteiger partial charge in [0.1, 0.15) is 11.4 Å². The zero-order valence-electron chi connectivity index (χ0n) is 12.5. The second-order valence-corrected chi connectivity index (χ2v) is 4.65. The summed E-state index contributed by atoms with van der Waals surface area (Å²) in [6.45, 7) is 3.63. The molecule has 1 N–H and O–H groups in total. The van der Waals surface area contributed by atoms with E-state index in [1.54, 1.807) is 6.07 Å². The van der Waals surface area contributed by atoms with Gasteiger partial charge in [0.15, 0.2) is 0 Å². The van der Waals surface area contributed by atoms with Gasteiger partial charge in [0.25, 0.3) is 11.6 Å². The molecule has 1 heterocycles. The predicted molar refractivity (Wildman–Crippen MR) is 81.2 cm³/mol. The van der Waals surface area contributed by atoms with E-state index < -0.39 is 22.3 Å². The number of nitro benzene ring substituents is 1. The van der Waals surface area contributed by atoms with Gasteiger partial charge in [-0.25, -0.2) is 9.37 Å². The fourth-order valence-corrected chi connectivity index (χ4v) is 2.04. The minimum Gasteiger partial charge on any atom is -0.478 e. The molecule has 0 aliphatic rings. The first-order chi connectivity index (χ1) is 10.9. The van der Waals surface area contributed by atoms with Crippen LogP contribution in [0.15, 0.2) is 30.5 Å². The van der Waals surface area contributed by atoms with Crippen LogP contribution in [0.2, 0.25) is 0 Å². The normalized spacial score (nSPS) is 10.2. The third-order valence-electron chi connectivity index (χ3n) is 2.98. The summed E-state index contributed by atoms with van der Waals surface area (Å²) in [5.41, 5.74) is -0.385. The first kappa shape index (κ1) is 16.3. The van der Waals surface area contributed by atoms with Crippen LogP contribution in [0, 0.1) is 22.9 Å². The molecule has 1 amide bonds. The summed E-state index contributed by atoms with van der Waals surface area (Å²) >= 11 is 0. The quantitative estimate of drug-likeness (QED) is 0.675. The number of rotatable bonds is 5. The van der Waals surface area contributed by atoms with Crippen LogP contribution in [0.4, 0.5) is 15.8 Å². The summed E-state index contributed by atoms with van der Waals surface area (Å²) in [5.74, 6) is -1.12. The van der Waals surface area contributed by atoms with Crippen molar-refractivity contribution in [3.63, 3.8) is 0 Å². The molecule has 23 heavy (non-hydrogen) atoms. The van der Waals surface area contributed by atoms with E-state index in [0.29, 0.717) is 18.2 Å². The van der Waals surface area contributed by atoms with Crippen molar-refractivity contribution in [1.29, 1.82) is 0 Å². The van der Waals surface area contributed by atoms with Gasteiger partial charge in [-0.2, -0.15) is 0 Å². The smallest absolute Gasteiger partial charge is 0.285 e. The summed E-state index contributed by atoms with van der Waals surface area (Å²) in [5, 5.41) is 13.6. The maximum absolute atomic E-state index is 13.5. The molecule has 0 aliphatic heterocycles. The van der Waals surface area contributed by atoms with E-state index in [2.05, 4.69) is 10.3 Å². The van der Waals surface area contributed by atoms with E-state index in [9.17, 15) is 19.3 Å². The molecule has 0 bridgehead atoms. The van der Waals surface area contributed by atoms with Gasteiger partial charge in [-0.1, -0.05) is 0 Å². The fourth-order valence-electron chi connectivity index (χ4n) is 2.04. The molecule has 0 radical (unpaired) electrons. The van der Waals surface area contributed by atoms with E-state index in [0.717, 1.165) is 12.1 Å². The monoisotopic (exact) mass is 319 g/mol. The Balaban J connectivity index is 2.28. The highest BCUT2D eigenvalue weighted by molar-refractivity contribution is 6.07. The largest absolute Gasteiger partial charge is 0.478 e. The number of aryl methyl sites for hydroxylation is 1. The number of aromatic nitrogens is 1. The highest BCUT2D eigenvalue weighted by Gasteiger charge is 2.24. The van der Waals surface area contributed by atoms with E-state index in [4.69, 9.17) is 4.74 Å². The van der Waals surface area contributed by atoms with Crippen molar-refractivity contribution in [2.45, 2.75) is 13.8 Å². The van der Waals surface area contributed by atoms with E-state index >= 15 is 0 Å².